The van der Waals surface area contributed by atoms with E-state index in [1.165, 1.54) is 10.7 Å². The molecule has 0 saturated carbocycles. The van der Waals surface area contributed by atoms with Gasteiger partial charge in [0.05, 0.1) is 11.1 Å². The molecule has 0 atom stereocenters. The van der Waals surface area contributed by atoms with Crippen molar-refractivity contribution < 1.29 is 17.6 Å². The monoisotopic (exact) mass is 354 g/mol. The van der Waals surface area contributed by atoms with E-state index in [9.17, 15) is 17.6 Å². The second-order valence-electron chi connectivity index (χ2n) is 6.07. The van der Waals surface area contributed by atoms with Crippen molar-refractivity contribution in [1.29, 1.82) is 0 Å². The van der Waals surface area contributed by atoms with Gasteiger partial charge in [-0.05, 0) is 19.2 Å². The zero-order chi connectivity index (χ0) is 17.8. The van der Waals surface area contributed by atoms with Gasteiger partial charge in [0.25, 0.3) is 0 Å². The maximum Gasteiger partial charge on any atom is 0.416 e. The second-order valence-corrected chi connectivity index (χ2v) is 6.07. The molecular weight excluding hydrogens is 340 g/mol. The van der Waals surface area contributed by atoms with Crippen LogP contribution in [-0.4, -0.2) is 57.7 Å². The largest absolute Gasteiger partial charge is 0.416 e. The minimum atomic E-state index is -4.65. The molecule has 3 aromatic rings. The Morgan fingerprint density at radius 3 is 2.48 bits per heavy atom. The Bertz CT molecular complexity index is 942. The van der Waals surface area contributed by atoms with Crippen LogP contribution in [0.5, 0.6) is 0 Å². The van der Waals surface area contributed by atoms with Gasteiger partial charge in [0, 0.05) is 26.2 Å². The summed E-state index contributed by atoms with van der Waals surface area (Å²) >= 11 is 0. The van der Waals surface area contributed by atoms with Gasteiger partial charge < -0.3 is 9.80 Å². The molecule has 0 bridgehead atoms. The Morgan fingerprint density at radius 1 is 1.08 bits per heavy atom. The lowest BCUT2D eigenvalue weighted by Crippen LogP contribution is -2.45. The van der Waals surface area contributed by atoms with Gasteiger partial charge in [-0.25, -0.2) is 9.37 Å². The molecule has 1 aromatic carbocycles. The van der Waals surface area contributed by atoms with Crippen molar-refractivity contribution in [3.05, 3.63) is 29.8 Å². The summed E-state index contributed by atoms with van der Waals surface area (Å²) in [6.45, 7) is 2.94. The summed E-state index contributed by atoms with van der Waals surface area (Å²) in [6, 6.07) is 1.34. The third-order valence-electron chi connectivity index (χ3n) is 4.40. The summed E-state index contributed by atoms with van der Waals surface area (Å²) in [5, 5.41) is 7.75. The minimum Gasteiger partial charge on any atom is -0.351 e. The third-order valence-corrected chi connectivity index (χ3v) is 4.40. The van der Waals surface area contributed by atoms with Gasteiger partial charge in [0.2, 0.25) is 5.65 Å². The normalized spacial score (nSPS) is 16.9. The van der Waals surface area contributed by atoms with E-state index >= 15 is 0 Å². The lowest BCUT2D eigenvalue weighted by atomic mass is 10.1. The first-order valence-electron chi connectivity index (χ1n) is 7.68. The maximum absolute atomic E-state index is 14.4. The molecule has 25 heavy (non-hydrogen) atoms. The second kappa shape index (κ2) is 5.51. The number of hydrogen-bond acceptors (Lipinski definition) is 5. The van der Waals surface area contributed by atoms with E-state index in [0.29, 0.717) is 30.6 Å². The van der Waals surface area contributed by atoms with Gasteiger partial charge in [0.1, 0.15) is 11.8 Å². The summed E-state index contributed by atoms with van der Waals surface area (Å²) in [6.07, 6.45) is -3.37. The molecule has 0 amide bonds. The van der Waals surface area contributed by atoms with Crippen molar-refractivity contribution in [2.45, 2.75) is 6.18 Å². The molecular formula is C15H14F4N6. The number of halogens is 4. The molecule has 0 aliphatic carbocycles. The third kappa shape index (κ3) is 2.66. The standard InChI is InChI=1S/C15H14F4N6/c1-23-2-4-24(5-3-23)13-14-22-20-8-25(14)11-7-9(15(17,18)19)6-10(16)12(11)21-13/h6-8H,2-5H2,1H3. The average Bonchev–Trinajstić information content (AvgIpc) is 3.04. The van der Waals surface area contributed by atoms with Crippen molar-refractivity contribution in [1.82, 2.24) is 24.5 Å². The molecule has 6 nitrogen and oxygen atoms in total. The molecule has 1 aliphatic rings. The zero-order valence-electron chi connectivity index (χ0n) is 13.3. The number of hydrogen-bond donors (Lipinski definition) is 0. The maximum atomic E-state index is 14.4. The number of rotatable bonds is 1. The van der Waals surface area contributed by atoms with E-state index in [-0.39, 0.29) is 11.0 Å². The number of fused-ring (bicyclic) bond motifs is 3. The number of piperazine rings is 1. The van der Waals surface area contributed by atoms with Gasteiger partial charge in [-0.1, -0.05) is 0 Å². The lowest BCUT2D eigenvalue weighted by Gasteiger charge is -2.33. The molecule has 1 fully saturated rings. The van der Waals surface area contributed by atoms with Crippen LogP contribution in [0.4, 0.5) is 23.4 Å². The van der Waals surface area contributed by atoms with Crippen LogP contribution in [0.1, 0.15) is 5.56 Å². The molecule has 0 unspecified atom stereocenters. The summed E-state index contributed by atoms with van der Waals surface area (Å²) in [7, 11) is 2.00. The summed E-state index contributed by atoms with van der Waals surface area (Å²) in [4.78, 5) is 8.38. The highest BCUT2D eigenvalue weighted by molar-refractivity contribution is 5.84. The highest BCUT2D eigenvalue weighted by Crippen LogP contribution is 2.34. The Hall–Kier alpha value is -2.49. The first kappa shape index (κ1) is 16.0. The summed E-state index contributed by atoms with van der Waals surface area (Å²) in [5.41, 5.74) is -0.892. The number of anilines is 1. The molecule has 0 radical (unpaired) electrons. The molecule has 3 heterocycles. The van der Waals surface area contributed by atoms with E-state index < -0.39 is 17.6 Å². The van der Waals surface area contributed by atoms with Crippen molar-refractivity contribution in [2.75, 3.05) is 38.1 Å². The molecule has 1 saturated heterocycles. The van der Waals surface area contributed by atoms with E-state index in [1.54, 1.807) is 0 Å². The van der Waals surface area contributed by atoms with Crippen LogP contribution in [0, 0.1) is 5.82 Å². The zero-order valence-corrected chi connectivity index (χ0v) is 13.3. The number of aromatic nitrogens is 4. The first-order chi connectivity index (χ1) is 11.8. The molecule has 132 valence electrons. The Labute approximate surface area is 139 Å². The Kier molecular flexibility index (Phi) is 3.53. The van der Waals surface area contributed by atoms with Gasteiger partial charge in [-0.3, -0.25) is 4.40 Å². The fraction of sp³-hybridized carbons (Fsp3) is 0.400. The predicted molar refractivity (Wildman–Crippen MR) is 83.0 cm³/mol. The molecule has 4 rings (SSSR count). The number of alkyl halides is 3. The molecule has 0 spiro atoms. The fourth-order valence-electron chi connectivity index (χ4n) is 2.99. The van der Waals surface area contributed by atoms with Crippen molar-refractivity contribution in [2.24, 2.45) is 0 Å². The SMILES string of the molecule is CN1CCN(c2nc3c(F)cc(C(F)(F)F)cc3n3cnnc23)CC1. The lowest BCUT2D eigenvalue weighted by molar-refractivity contribution is -0.137. The highest BCUT2D eigenvalue weighted by atomic mass is 19.4. The topological polar surface area (TPSA) is 49.6 Å². The Balaban J connectivity index is 1.94. The number of nitrogens with zero attached hydrogens (tertiary/aromatic N) is 6. The van der Waals surface area contributed by atoms with Gasteiger partial charge in [-0.2, -0.15) is 13.2 Å². The average molecular weight is 354 g/mol. The molecule has 1 aliphatic heterocycles. The summed E-state index contributed by atoms with van der Waals surface area (Å²) < 4.78 is 54.7. The van der Waals surface area contributed by atoms with E-state index in [0.717, 1.165) is 19.2 Å². The molecule has 0 N–H and O–H groups in total. The van der Waals surface area contributed by atoms with Crippen LogP contribution in [0.3, 0.4) is 0 Å². The van der Waals surface area contributed by atoms with E-state index in [1.807, 2.05) is 11.9 Å². The van der Waals surface area contributed by atoms with Crippen molar-refractivity contribution in [3.63, 3.8) is 0 Å². The van der Waals surface area contributed by atoms with Crippen LogP contribution in [0.2, 0.25) is 0 Å². The molecule has 10 heteroatoms. The summed E-state index contributed by atoms with van der Waals surface area (Å²) in [5.74, 6) is -0.590. The number of likely N-dealkylation sites (N-methyl/N-ethyl adjacent to an activating group) is 1. The highest BCUT2D eigenvalue weighted by Gasteiger charge is 2.32. The molecule has 2 aromatic heterocycles. The smallest absolute Gasteiger partial charge is 0.351 e. The van der Waals surface area contributed by atoms with Crippen LogP contribution < -0.4 is 4.90 Å². The van der Waals surface area contributed by atoms with E-state index in [4.69, 9.17) is 0 Å². The van der Waals surface area contributed by atoms with Crippen LogP contribution in [0.15, 0.2) is 18.5 Å². The van der Waals surface area contributed by atoms with Crippen molar-refractivity contribution in [3.8, 4) is 0 Å². The Morgan fingerprint density at radius 2 is 1.80 bits per heavy atom. The predicted octanol–water partition coefficient (Wildman–Crippen LogP) is 2.19. The van der Waals surface area contributed by atoms with Crippen LogP contribution >= 0.6 is 0 Å². The minimum absolute atomic E-state index is 0.00907. The van der Waals surface area contributed by atoms with Gasteiger partial charge >= 0.3 is 6.18 Å². The quantitative estimate of drug-likeness (QED) is 0.627. The van der Waals surface area contributed by atoms with Gasteiger partial charge in [-0.15, -0.1) is 10.2 Å². The first-order valence-corrected chi connectivity index (χ1v) is 7.68. The van der Waals surface area contributed by atoms with Crippen LogP contribution in [-0.2, 0) is 6.18 Å². The van der Waals surface area contributed by atoms with Crippen LogP contribution in [0.25, 0.3) is 16.7 Å². The number of benzene rings is 1. The van der Waals surface area contributed by atoms with E-state index in [2.05, 4.69) is 20.1 Å². The fourth-order valence-corrected chi connectivity index (χ4v) is 2.99. The van der Waals surface area contributed by atoms with Gasteiger partial charge in [0.15, 0.2) is 11.6 Å². The van der Waals surface area contributed by atoms with Crippen molar-refractivity contribution >= 4 is 22.5 Å².